The van der Waals surface area contributed by atoms with Gasteiger partial charge in [-0.05, 0) is 86.3 Å². The Morgan fingerprint density at radius 1 is 1.06 bits per heavy atom. The fourth-order valence-corrected chi connectivity index (χ4v) is 6.77. The third-order valence-electron chi connectivity index (χ3n) is 7.56. The molecule has 7 nitrogen and oxygen atoms in total. The maximum atomic E-state index is 12.7. The number of benzene rings is 1. The Morgan fingerprint density at radius 3 is 2.39 bits per heavy atom. The zero-order valence-electron chi connectivity index (χ0n) is 18.0. The fraction of sp³-hybridized carbons (Fsp3) is 0.583. The van der Waals surface area contributed by atoms with Gasteiger partial charge < -0.3 is 0 Å². The zero-order chi connectivity index (χ0) is 21.6. The summed E-state index contributed by atoms with van der Waals surface area (Å²) in [6.07, 6.45) is 8.44. The lowest BCUT2D eigenvalue weighted by molar-refractivity contribution is -0.132. The zero-order valence-corrected chi connectivity index (χ0v) is 18.0. The van der Waals surface area contributed by atoms with Crippen LogP contribution in [0.15, 0.2) is 29.4 Å². The van der Waals surface area contributed by atoms with Crippen molar-refractivity contribution in [2.24, 2.45) is 28.3 Å². The quantitative estimate of drug-likeness (QED) is 0.730. The average Bonchev–Trinajstić information content (AvgIpc) is 2.71. The van der Waals surface area contributed by atoms with Crippen molar-refractivity contribution in [2.45, 2.75) is 64.7 Å². The number of hydrazine groups is 1. The second-order valence-corrected chi connectivity index (χ2v) is 10.2. The molecule has 4 saturated carbocycles. The number of rotatable bonds is 4. The summed E-state index contributed by atoms with van der Waals surface area (Å²) in [5.74, 6) is 1.64. The van der Waals surface area contributed by atoms with Gasteiger partial charge in [0.15, 0.2) is 0 Å². The molecule has 0 unspecified atom stereocenters. The summed E-state index contributed by atoms with van der Waals surface area (Å²) in [6, 6.07) is 7.44. The van der Waals surface area contributed by atoms with E-state index in [1.807, 2.05) is 25.1 Å². The standard InChI is InChI=1S/C24H30N4O3/c1-15-3-2-4-19(7-15)28-22(30)6-5-20(27-28)23(31)26-25-21(29)14-24-11-16-8-17(12-24)10-18(9-16)13-24/h2-4,7,16-18H,5-6,8-14H2,1H3,(H,25,29)(H,26,31). The maximum Gasteiger partial charge on any atom is 0.285 e. The molecule has 1 heterocycles. The molecule has 6 rings (SSSR count). The van der Waals surface area contributed by atoms with Crippen LogP contribution in [0, 0.1) is 30.1 Å². The number of anilines is 1. The Hall–Kier alpha value is -2.70. The smallest absolute Gasteiger partial charge is 0.273 e. The van der Waals surface area contributed by atoms with E-state index in [0.717, 1.165) is 42.6 Å². The Bertz CT molecular complexity index is 919. The molecule has 4 aliphatic carbocycles. The van der Waals surface area contributed by atoms with Crippen LogP contribution in [0.4, 0.5) is 5.69 Å². The molecular formula is C24H30N4O3. The van der Waals surface area contributed by atoms with Crippen molar-refractivity contribution in [3.63, 3.8) is 0 Å². The van der Waals surface area contributed by atoms with Crippen LogP contribution in [0.25, 0.3) is 0 Å². The number of hydrazone groups is 1. The number of nitrogens with one attached hydrogen (secondary N) is 2. The lowest BCUT2D eigenvalue weighted by Crippen LogP contribution is -2.51. The van der Waals surface area contributed by atoms with Gasteiger partial charge in [0.25, 0.3) is 5.91 Å². The van der Waals surface area contributed by atoms with Crippen LogP contribution in [0.5, 0.6) is 0 Å². The second-order valence-electron chi connectivity index (χ2n) is 10.2. The first-order chi connectivity index (χ1) is 14.9. The minimum atomic E-state index is -0.455. The summed E-state index contributed by atoms with van der Waals surface area (Å²) in [6.45, 7) is 1.94. The first kappa shape index (κ1) is 20.2. The SMILES string of the molecule is Cc1cccc(N2N=C(C(=O)NNC(=O)CC34CC5CC(CC(C5)C3)C4)CCC2=O)c1. The minimum Gasteiger partial charge on any atom is -0.273 e. The van der Waals surface area contributed by atoms with Crippen LogP contribution in [0.1, 0.15) is 63.4 Å². The lowest BCUT2D eigenvalue weighted by Gasteiger charge is -2.56. The third kappa shape index (κ3) is 4.10. The van der Waals surface area contributed by atoms with Gasteiger partial charge in [0.1, 0.15) is 5.71 Å². The van der Waals surface area contributed by atoms with Crippen molar-refractivity contribution in [3.05, 3.63) is 29.8 Å². The largest absolute Gasteiger partial charge is 0.285 e. The van der Waals surface area contributed by atoms with E-state index in [0.29, 0.717) is 12.1 Å². The number of nitrogens with zero attached hydrogens (tertiary/aromatic N) is 2. The molecule has 1 aliphatic heterocycles. The van der Waals surface area contributed by atoms with Gasteiger partial charge in [0.2, 0.25) is 11.8 Å². The van der Waals surface area contributed by atoms with E-state index in [2.05, 4.69) is 16.0 Å². The van der Waals surface area contributed by atoms with Gasteiger partial charge >= 0.3 is 0 Å². The van der Waals surface area contributed by atoms with Gasteiger partial charge in [-0.1, -0.05) is 12.1 Å². The lowest BCUT2D eigenvalue weighted by atomic mass is 9.49. The van der Waals surface area contributed by atoms with E-state index in [1.54, 1.807) is 6.07 Å². The number of hydrogen-bond acceptors (Lipinski definition) is 4. The van der Waals surface area contributed by atoms with Crippen LogP contribution in [0.3, 0.4) is 0 Å². The van der Waals surface area contributed by atoms with Crippen molar-refractivity contribution in [1.82, 2.24) is 10.9 Å². The van der Waals surface area contributed by atoms with E-state index in [4.69, 9.17) is 0 Å². The summed E-state index contributed by atoms with van der Waals surface area (Å²) < 4.78 is 0. The van der Waals surface area contributed by atoms with Crippen LogP contribution in [-0.4, -0.2) is 23.4 Å². The summed E-state index contributed by atoms with van der Waals surface area (Å²) in [4.78, 5) is 37.6. The van der Waals surface area contributed by atoms with E-state index in [1.165, 1.54) is 24.3 Å². The molecule has 7 heteroatoms. The molecule has 1 aromatic carbocycles. The van der Waals surface area contributed by atoms with Gasteiger partial charge in [-0.25, -0.2) is 5.01 Å². The molecular weight excluding hydrogens is 392 g/mol. The van der Waals surface area contributed by atoms with Crippen LogP contribution in [-0.2, 0) is 14.4 Å². The Balaban J connectivity index is 1.20. The summed E-state index contributed by atoms with van der Waals surface area (Å²) in [5.41, 5.74) is 7.15. The number of carbonyl (C=O) groups is 3. The molecule has 1 aromatic rings. The summed E-state index contributed by atoms with van der Waals surface area (Å²) in [5, 5.41) is 5.55. The Kier molecular flexibility index (Phi) is 5.07. The first-order valence-corrected chi connectivity index (χ1v) is 11.5. The molecule has 4 bridgehead atoms. The van der Waals surface area contributed by atoms with Gasteiger partial charge in [0, 0.05) is 19.3 Å². The van der Waals surface area contributed by atoms with Gasteiger partial charge in [-0.15, -0.1) is 0 Å². The molecule has 4 fully saturated rings. The van der Waals surface area contributed by atoms with E-state index < -0.39 is 5.91 Å². The minimum absolute atomic E-state index is 0.125. The molecule has 0 aromatic heterocycles. The molecule has 0 spiro atoms. The number of hydrogen-bond donors (Lipinski definition) is 2. The monoisotopic (exact) mass is 422 g/mol. The van der Waals surface area contributed by atoms with E-state index in [9.17, 15) is 14.4 Å². The molecule has 0 saturated heterocycles. The van der Waals surface area contributed by atoms with Crippen molar-refractivity contribution in [1.29, 1.82) is 0 Å². The second kappa shape index (κ2) is 7.77. The third-order valence-corrected chi connectivity index (χ3v) is 7.56. The molecule has 3 amide bonds. The highest BCUT2D eigenvalue weighted by Gasteiger charge is 2.51. The van der Waals surface area contributed by atoms with E-state index >= 15 is 0 Å². The Labute approximate surface area is 182 Å². The molecule has 0 radical (unpaired) electrons. The van der Waals surface area contributed by atoms with Crippen LogP contribution >= 0.6 is 0 Å². The highest BCUT2D eigenvalue weighted by molar-refractivity contribution is 6.40. The fourth-order valence-electron chi connectivity index (χ4n) is 6.77. The van der Waals surface area contributed by atoms with Crippen molar-refractivity contribution in [3.8, 4) is 0 Å². The summed E-state index contributed by atoms with van der Waals surface area (Å²) >= 11 is 0. The molecule has 31 heavy (non-hydrogen) atoms. The highest BCUT2D eigenvalue weighted by atomic mass is 16.2. The average molecular weight is 423 g/mol. The van der Waals surface area contributed by atoms with Crippen LogP contribution < -0.4 is 15.9 Å². The molecule has 5 aliphatic rings. The van der Waals surface area contributed by atoms with Gasteiger partial charge in [0.05, 0.1) is 5.69 Å². The Morgan fingerprint density at radius 2 is 1.74 bits per heavy atom. The van der Waals surface area contributed by atoms with Crippen molar-refractivity contribution >= 4 is 29.1 Å². The topological polar surface area (TPSA) is 90.9 Å². The maximum absolute atomic E-state index is 12.7. The van der Waals surface area contributed by atoms with Crippen molar-refractivity contribution in [2.75, 3.05) is 5.01 Å². The highest BCUT2D eigenvalue weighted by Crippen LogP contribution is 2.61. The number of carbonyl (C=O) groups excluding carboxylic acids is 3. The normalized spacial score (nSPS) is 31.4. The number of amides is 3. The predicted octanol–water partition coefficient (Wildman–Crippen LogP) is 3.23. The molecule has 0 atom stereocenters. The molecule has 164 valence electrons. The summed E-state index contributed by atoms with van der Waals surface area (Å²) in [7, 11) is 0. The van der Waals surface area contributed by atoms with Gasteiger partial charge in [-0.3, -0.25) is 25.2 Å². The van der Waals surface area contributed by atoms with Crippen LogP contribution in [0.2, 0.25) is 0 Å². The predicted molar refractivity (Wildman–Crippen MR) is 117 cm³/mol. The van der Waals surface area contributed by atoms with Gasteiger partial charge in [-0.2, -0.15) is 5.10 Å². The first-order valence-electron chi connectivity index (χ1n) is 11.5. The van der Waals surface area contributed by atoms with E-state index in [-0.39, 0.29) is 35.8 Å². The molecule has 2 N–H and O–H groups in total. The van der Waals surface area contributed by atoms with Crippen molar-refractivity contribution < 1.29 is 14.4 Å². The number of aryl methyl sites for hydroxylation is 1.